The van der Waals surface area contributed by atoms with Crippen molar-refractivity contribution in [1.29, 1.82) is 0 Å². The fraction of sp³-hybridized carbons (Fsp3) is 0.400. The van der Waals surface area contributed by atoms with Crippen LogP contribution in [0, 0.1) is 0 Å². The molecule has 0 atom stereocenters. The second-order valence-electron chi connectivity index (χ2n) is 4.70. The van der Waals surface area contributed by atoms with E-state index in [1.54, 1.807) is 6.07 Å². The zero-order valence-corrected chi connectivity index (χ0v) is 13.2. The van der Waals surface area contributed by atoms with Crippen LogP contribution in [-0.2, 0) is 25.7 Å². The van der Waals surface area contributed by atoms with Crippen molar-refractivity contribution in [3.8, 4) is 0 Å². The first-order chi connectivity index (χ1) is 11.6. The molecule has 0 radical (unpaired) electrons. The molecule has 1 aromatic heterocycles. The van der Waals surface area contributed by atoms with E-state index >= 15 is 0 Å². The normalized spacial score (nSPS) is 9.83. The van der Waals surface area contributed by atoms with Crippen molar-refractivity contribution in [2.75, 3.05) is 26.2 Å². The Labute approximate surface area is 138 Å². The third-order valence-corrected chi connectivity index (χ3v) is 2.99. The molecule has 1 N–H and O–H groups in total. The smallest absolute Gasteiger partial charge is 0.347 e. The SMILES string of the molecule is C=CCOC(=O)CN(CCNC=O)C(=O)CCn1cccnc1=O. The van der Waals surface area contributed by atoms with Gasteiger partial charge >= 0.3 is 11.7 Å². The second kappa shape index (κ2) is 10.7. The molecule has 2 amide bonds. The topological polar surface area (TPSA) is 111 Å². The number of nitrogens with one attached hydrogen (secondary N) is 1. The van der Waals surface area contributed by atoms with E-state index < -0.39 is 11.7 Å². The summed E-state index contributed by atoms with van der Waals surface area (Å²) in [4.78, 5) is 50.6. The molecule has 130 valence electrons. The molecule has 9 nitrogen and oxygen atoms in total. The molecular weight excluding hydrogens is 316 g/mol. The molecular formula is C15H20N4O5. The molecule has 0 aliphatic carbocycles. The number of aryl methyl sites for hydroxylation is 1. The molecule has 0 aromatic carbocycles. The zero-order valence-electron chi connectivity index (χ0n) is 13.2. The van der Waals surface area contributed by atoms with Crippen molar-refractivity contribution in [1.82, 2.24) is 19.8 Å². The van der Waals surface area contributed by atoms with Crippen molar-refractivity contribution in [3.05, 3.63) is 41.6 Å². The summed E-state index contributed by atoms with van der Waals surface area (Å²) in [6.45, 7) is 3.75. The number of carbonyl (C=O) groups is 3. The molecule has 0 aliphatic heterocycles. The van der Waals surface area contributed by atoms with Crippen molar-refractivity contribution in [2.45, 2.75) is 13.0 Å². The van der Waals surface area contributed by atoms with E-state index in [9.17, 15) is 19.2 Å². The van der Waals surface area contributed by atoms with Gasteiger partial charge in [-0.15, -0.1) is 0 Å². The van der Waals surface area contributed by atoms with Gasteiger partial charge in [-0.05, 0) is 6.07 Å². The summed E-state index contributed by atoms with van der Waals surface area (Å²) >= 11 is 0. The zero-order chi connectivity index (χ0) is 17.8. The van der Waals surface area contributed by atoms with E-state index in [1.165, 1.54) is 27.9 Å². The Bertz CT molecular complexity index is 628. The fourth-order valence-corrected chi connectivity index (χ4v) is 1.84. The van der Waals surface area contributed by atoms with Crippen LogP contribution in [0.5, 0.6) is 0 Å². The van der Waals surface area contributed by atoms with Crippen LogP contribution >= 0.6 is 0 Å². The predicted octanol–water partition coefficient (Wildman–Crippen LogP) is -1.06. The van der Waals surface area contributed by atoms with Gasteiger partial charge in [-0.25, -0.2) is 9.78 Å². The van der Waals surface area contributed by atoms with E-state index in [4.69, 9.17) is 4.74 Å². The molecule has 0 spiro atoms. The Kier molecular flexibility index (Phi) is 8.51. The molecule has 1 heterocycles. The molecule has 9 heteroatoms. The summed E-state index contributed by atoms with van der Waals surface area (Å²) in [5.41, 5.74) is -0.454. The van der Waals surface area contributed by atoms with Gasteiger partial charge in [0.25, 0.3) is 0 Å². The van der Waals surface area contributed by atoms with Gasteiger partial charge in [0.1, 0.15) is 13.2 Å². The van der Waals surface area contributed by atoms with Gasteiger partial charge in [0.05, 0.1) is 0 Å². The van der Waals surface area contributed by atoms with E-state index in [2.05, 4.69) is 16.9 Å². The molecule has 0 bridgehead atoms. The van der Waals surface area contributed by atoms with E-state index in [-0.39, 0.29) is 45.1 Å². The Morgan fingerprint density at radius 1 is 1.46 bits per heavy atom. The van der Waals surface area contributed by atoms with Crippen molar-refractivity contribution < 1.29 is 19.1 Å². The summed E-state index contributed by atoms with van der Waals surface area (Å²) in [6.07, 6.45) is 4.84. The molecule has 0 unspecified atom stereocenters. The first-order valence-corrected chi connectivity index (χ1v) is 7.31. The van der Waals surface area contributed by atoms with Gasteiger partial charge in [0.2, 0.25) is 12.3 Å². The van der Waals surface area contributed by atoms with E-state index in [0.29, 0.717) is 6.41 Å². The molecule has 1 aromatic rings. The predicted molar refractivity (Wildman–Crippen MR) is 84.9 cm³/mol. The number of hydrogen-bond acceptors (Lipinski definition) is 6. The number of ether oxygens (including phenoxy) is 1. The minimum absolute atomic E-state index is 0.0153. The summed E-state index contributed by atoms with van der Waals surface area (Å²) in [5, 5.41) is 2.42. The third-order valence-electron chi connectivity index (χ3n) is 2.99. The highest BCUT2D eigenvalue weighted by molar-refractivity contribution is 5.82. The lowest BCUT2D eigenvalue weighted by Crippen LogP contribution is -2.41. The van der Waals surface area contributed by atoms with Crippen LogP contribution in [0.4, 0.5) is 0 Å². The molecule has 1 rings (SSSR count). The first kappa shape index (κ1) is 19.1. The second-order valence-corrected chi connectivity index (χ2v) is 4.70. The van der Waals surface area contributed by atoms with E-state index in [1.807, 2.05) is 0 Å². The fourth-order valence-electron chi connectivity index (χ4n) is 1.84. The number of nitrogens with zero attached hydrogens (tertiary/aromatic N) is 3. The average molecular weight is 336 g/mol. The monoisotopic (exact) mass is 336 g/mol. The van der Waals surface area contributed by atoms with Crippen molar-refractivity contribution >= 4 is 18.3 Å². The molecule has 0 saturated carbocycles. The molecule has 0 fully saturated rings. The number of hydrogen-bond donors (Lipinski definition) is 1. The quantitative estimate of drug-likeness (QED) is 0.239. The Morgan fingerprint density at radius 2 is 2.25 bits per heavy atom. The maximum atomic E-state index is 12.3. The summed E-state index contributed by atoms with van der Waals surface area (Å²) in [5.74, 6) is -0.915. The van der Waals surface area contributed by atoms with Crippen LogP contribution < -0.4 is 11.0 Å². The number of rotatable bonds is 11. The van der Waals surface area contributed by atoms with Gasteiger partial charge in [0.15, 0.2) is 0 Å². The van der Waals surface area contributed by atoms with Gasteiger partial charge < -0.3 is 15.0 Å². The lowest BCUT2D eigenvalue weighted by atomic mass is 10.3. The number of carbonyl (C=O) groups excluding carboxylic acids is 3. The highest BCUT2D eigenvalue weighted by Gasteiger charge is 2.17. The number of aromatic nitrogens is 2. The summed E-state index contributed by atoms with van der Waals surface area (Å²) < 4.78 is 6.16. The minimum atomic E-state index is -0.576. The van der Waals surface area contributed by atoms with Gasteiger partial charge in [-0.1, -0.05) is 12.7 Å². The van der Waals surface area contributed by atoms with Gasteiger partial charge in [0, 0.05) is 38.4 Å². The molecule has 0 aliphatic rings. The standard InChI is InChI=1S/C15H20N4O5/c1-2-10-24-14(22)11-19(9-6-16-12-20)13(21)4-8-18-7-3-5-17-15(18)23/h2-3,5,7,12H,1,4,6,8-11H2,(H,16,20). The van der Waals surface area contributed by atoms with Crippen molar-refractivity contribution in [2.24, 2.45) is 0 Å². The lowest BCUT2D eigenvalue weighted by Gasteiger charge is -2.21. The van der Waals surface area contributed by atoms with Crippen LogP contribution in [0.2, 0.25) is 0 Å². The van der Waals surface area contributed by atoms with Crippen LogP contribution in [0.3, 0.4) is 0 Å². The lowest BCUT2D eigenvalue weighted by molar-refractivity contribution is -0.148. The van der Waals surface area contributed by atoms with Gasteiger partial charge in [-0.2, -0.15) is 0 Å². The minimum Gasteiger partial charge on any atom is -0.460 e. The van der Waals surface area contributed by atoms with Crippen molar-refractivity contribution in [3.63, 3.8) is 0 Å². The van der Waals surface area contributed by atoms with E-state index in [0.717, 1.165) is 0 Å². The summed E-state index contributed by atoms with van der Waals surface area (Å²) in [6, 6.07) is 1.59. The Balaban J connectivity index is 2.62. The van der Waals surface area contributed by atoms with Crippen LogP contribution in [0.1, 0.15) is 6.42 Å². The van der Waals surface area contributed by atoms with Crippen LogP contribution in [0.15, 0.2) is 35.9 Å². The summed E-state index contributed by atoms with van der Waals surface area (Å²) in [7, 11) is 0. The van der Waals surface area contributed by atoms with Crippen LogP contribution in [-0.4, -0.2) is 59.0 Å². The highest BCUT2D eigenvalue weighted by atomic mass is 16.5. The van der Waals surface area contributed by atoms with Crippen LogP contribution in [0.25, 0.3) is 0 Å². The maximum absolute atomic E-state index is 12.3. The Hall–Kier alpha value is -2.97. The number of amides is 2. The molecule has 0 saturated heterocycles. The number of esters is 1. The maximum Gasteiger partial charge on any atom is 0.347 e. The highest BCUT2D eigenvalue weighted by Crippen LogP contribution is 1.98. The largest absolute Gasteiger partial charge is 0.460 e. The first-order valence-electron chi connectivity index (χ1n) is 7.31. The third kappa shape index (κ3) is 6.86. The average Bonchev–Trinajstić information content (AvgIpc) is 2.58. The van der Waals surface area contributed by atoms with Gasteiger partial charge in [-0.3, -0.25) is 19.0 Å². The molecule has 24 heavy (non-hydrogen) atoms. The Morgan fingerprint density at radius 3 is 2.92 bits per heavy atom.